The van der Waals surface area contributed by atoms with E-state index in [0.29, 0.717) is 4.57 Å². The van der Waals surface area contributed by atoms with Crippen molar-refractivity contribution in [1.29, 1.82) is 0 Å². The smallest absolute Gasteiger partial charge is 0.412 e. The van der Waals surface area contributed by atoms with E-state index in [-0.39, 0.29) is 0 Å². The van der Waals surface area contributed by atoms with E-state index in [4.69, 9.17) is 4.74 Å². The first-order valence-electron chi connectivity index (χ1n) is 6.00. The average Bonchev–Trinajstić information content (AvgIpc) is 2.70. The summed E-state index contributed by atoms with van der Waals surface area (Å²) in [4.78, 5) is 26.1. The standard InChI is InChI=1S/C11H14FN3O6/c1-4-6(16)7(17)9(21-4)15-3-5(12)8(13-10(15)18)14-11(19)20-2/h3-4,6-7,9,16-17H,1-2H3,(H,13,14,18,19)/t4-,6-,7-,9-/m1/s1. The van der Waals surface area contributed by atoms with Crippen LogP contribution in [-0.2, 0) is 9.47 Å². The van der Waals surface area contributed by atoms with Crippen molar-refractivity contribution in [1.82, 2.24) is 9.55 Å². The Kier molecular flexibility index (Phi) is 4.21. The second-order valence-electron chi connectivity index (χ2n) is 4.46. The van der Waals surface area contributed by atoms with Crippen molar-refractivity contribution in [3.63, 3.8) is 0 Å². The lowest BCUT2D eigenvalue weighted by Gasteiger charge is -2.17. The molecule has 1 fully saturated rings. The molecule has 4 atom stereocenters. The molecular weight excluding hydrogens is 289 g/mol. The van der Waals surface area contributed by atoms with Gasteiger partial charge in [-0.15, -0.1) is 0 Å². The molecule has 10 heteroatoms. The van der Waals surface area contributed by atoms with Crippen LogP contribution in [0.3, 0.4) is 0 Å². The van der Waals surface area contributed by atoms with Gasteiger partial charge in [-0.05, 0) is 6.92 Å². The highest BCUT2D eigenvalue weighted by molar-refractivity contribution is 5.83. The number of aromatic nitrogens is 2. The van der Waals surface area contributed by atoms with E-state index >= 15 is 0 Å². The van der Waals surface area contributed by atoms with Gasteiger partial charge in [0, 0.05) is 0 Å². The Morgan fingerprint density at radius 1 is 1.52 bits per heavy atom. The maximum absolute atomic E-state index is 13.8. The van der Waals surface area contributed by atoms with Crippen LogP contribution in [0.4, 0.5) is 15.0 Å². The van der Waals surface area contributed by atoms with Crippen LogP contribution in [-0.4, -0.2) is 51.3 Å². The van der Waals surface area contributed by atoms with Gasteiger partial charge in [0.05, 0.1) is 19.4 Å². The van der Waals surface area contributed by atoms with Gasteiger partial charge in [0.2, 0.25) is 0 Å². The van der Waals surface area contributed by atoms with Gasteiger partial charge in [-0.3, -0.25) is 9.88 Å². The highest BCUT2D eigenvalue weighted by atomic mass is 19.1. The van der Waals surface area contributed by atoms with Gasteiger partial charge >= 0.3 is 11.8 Å². The van der Waals surface area contributed by atoms with E-state index in [1.165, 1.54) is 6.92 Å². The molecule has 0 aliphatic carbocycles. The molecule has 1 aliphatic heterocycles. The predicted octanol–water partition coefficient (Wildman–Crippen LogP) is -0.800. The molecule has 1 amide bonds. The zero-order valence-corrected chi connectivity index (χ0v) is 11.2. The average molecular weight is 303 g/mol. The number of ether oxygens (including phenoxy) is 2. The lowest BCUT2D eigenvalue weighted by molar-refractivity contribution is -0.0355. The van der Waals surface area contributed by atoms with Gasteiger partial charge in [0.25, 0.3) is 0 Å². The van der Waals surface area contributed by atoms with Gasteiger partial charge in [-0.2, -0.15) is 4.98 Å². The molecule has 0 spiro atoms. The lowest BCUT2D eigenvalue weighted by Crippen LogP contribution is -2.36. The van der Waals surface area contributed by atoms with Crippen LogP contribution in [0.25, 0.3) is 0 Å². The summed E-state index contributed by atoms with van der Waals surface area (Å²) in [6, 6.07) is 0. The van der Waals surface area contributed by atoms with Crippen molar-refractivity contribution in [2.24, 2.45) is 0 Å². The first-order valence-corrected chi connectivity index (χ1v) is 6.00. The van der Waals surface area contributed by atoms with Crippen LogP contribution >= 0.6 is 0 Å². The first-order chi connectivity index (χ1) is 9.85. The van der Waals surface area contributed by atoms with Crippen molar-refractivity contribution in [3.05, 3.63) is 22.5 Å². The molecule has 2 heterocycles. The molecular formula is C11H14FN3O6. The van der Waals surface area contributed by atoms with Crippen molar-refractivity contribution >= 4 is 11.9 Å². The Hall–Kier alpha value is -2.04. The molecule has 0 unspecified atom stereocenters. The van der Waals surface area contributed by atoms with Crippen molar-refractivity contribution < 1.29 is 28.9 Å². The molecule has 3 N–H and O–H groups in total. The number of carbonyl (C=O) groups excluding carboxylic acids is 1. The number of rotatable bonds is 2. The quantitative estimate of drug-likeness (QED) is 0.653. The number of nitrogens with zero attached hydrogens (tertiary/aromatic N) is 2. The number of hydrogen-bond donors (Lipinski definition) is 3. The van der Waals surface area contributed by atoms with Crippen molar-refractivity contribution in [2.45, 2.75) is 31.5 Å². The molecule has 1 aromatic rings. The number of nitrogens with one attached hydrogen (secondary N) is 1. The number of aliphatic hydroxyl groups is 2. The highest BCUT2D eigenvalue weighted by Gasteiger charge is 2.42. The van der Waals surface area contributed by atoms with Gasteiger partial charge < -0.3 is 19.7 Å². The zero-order valence-electron chi connectivity index (χ0n) is 11.2. The summed E-state index contributed by atoms with van der Waals surface area (Å²) < 4.78 is 24.0. The summed E-state index contributed by atoms with van der Waals surface area (Å²) in [6.45, 7) is 1.50. The second-order valence-corrected chi connectivity index (χ2v) is 4.46. The van der Waals surface area contributed by atoms with Gasteiger partial charge in [0.15, 0.2) is 17.9 Å². The maximum Gasteiger partial charge on any atom is 0.412 e. The number of anilines is 1. The molecule has 0 bridgehead atoms. The Labute approximate surface area is 117 Å². The molecule has 9 nitrogen and oxygen atoms in total. The Balaban J connectivity index is 2.33. The van der Waals surface area contributed by atoms with Gasteiger partial charge in [-0.1, -0.05) is 0 Å². The predicted molar refractivity (Wildman–Crippen MR) is 66.1 cm³/mol. The number of amides is 1. The Bertz CT molecular complexity index is 606. The van der Waals surface area contributed by atoms with E-state index in [9.17, 15) is 24.2 Å². The summed E-state index contributed by atoms with van der Waals surface area (Å²) in [5.74, 6) is -1.63. The van der Waals surface area contributed by atoms with Crippen LogP contribution in [0, 0.1) is 5.82 Å². The minimum Gasteiger partial charge on any atom is -0.453 e. The zero-order chi connectivity index (χ0) is 15.7. The lowest BCUT2D eigenvalue weighted by atomic mass is 10.1. The fourth-order valence-electron chi connectivity index (χ4n) is 1.92. The highest BCUT2D eigenvalue weighted by Crippen LogP contribution is 2.28. The minimum atomic E-state index is -1.40. The van der Waals surface area contributed by atoms with Gasteiger partial charge in [-0.25, -0.2) is 14.0 Å². The Morgan fingerprint density at radius 2 is 2.19 bits per heavy atom. The third-order valence-electron chi connectivity index (χ3n) is 3.06. The summed E-state index contributed by atoms with van der Waals surface area (Å²) in [5.41, 5.74) is -0.965. The summed E-state index contributed by atoms with van der Waals surface area (Å²) in [5, 5.41) is 21.3. The topological polar surface area (TPSA) is 123 Å². The normalized spacial score (nSPS) is 28.4. The fraction of sp³-hybridized carbons (Fsp3) is 0.545. The number of methoxy groups -OCH3 is 1. The molecule has 1 aliphatic rings. The Morgan fingerprint density at radius 3 is 2.71 bits per heavy atom. The molecule has 0 saturated carbocycles. The third-order valence-corrected chi connectivity index (χ3v) is 3.06. The van der Waals surface area contributed by atoms with E-state index in [2.05, 4.69) is 9.72 Å². The fourth-order valence-corrected chi connectivity index (χ4v) is 1.92. The molecule has 21 heavy (non-hydrogen) atoms. The van der Waals surface area contributed by atoms with Crippen molar-refractivity contribution in [2.75, 3.05) is 12.4 Å². The molecule has 2 rings (SSSR count). The first kappa shape index (κ1) is 15.4. The second kappa shape index (κ2) is 5.76. The van der Waals surface area contributed by atoms with Crippen LogP contribution < -0.4 is 11.0 Å². The summed E-state index contributed by atoms with van der Waals surface area (Å²) in [6.07, 6.45) is -4.88. The molecule has 1 aromatic heterocycles. The van der Waals surface area contributed by atoms with E-state index in [1.807, 2.05) is 5.32 Å². The van der Waals surface area contributed by atoms with Crippen LogP contribution in [0.5, 0.6) is 0 Å². The SMILES string of the molecule is COC(=O)Nc1nc(=O)n([C@@H]2O[C@H](C)[C@@H](O)[C@H]2O)cc1F. The third kappa shape index (κ3) is 2.86. The minimum absolute atomic E-state index is 0.607. The largest absolute Gasteiger partial charge is 0.453 e. The van der Waals surface area contributed by atoms with Crippen LogP contribution in [0.15, 0.2) is 11.0 Å². The van der Waals surface area contributed by atoms with Gasteiger partial charge in [0.1, 0.15) is 12.2 Å². The van der Waals surface area contributed by atoms with Crippen LogP contribution in [0.2, 0.25) is 0 Å². The van der Waals surface area contributed by atoms with Crippen LogP contribution in [0.1, 0.15) is 13.2 Å². The van der Waals surface area contributed by atoms with E-state index < -0.39 is 48.0 Å². The molecule has 0 aromatic carbocycles. The summed E-state index contributed by atoms with van der Waals surface area (Å²) >= 11 is 0. The van der Waals surface area contributed by atoms with E-state index in [0.717, 1.165) is 13.3 Å². The maximum atomic E-state index is 13.8. The number of halogens is 1. The number of carbonyl (C=O) groups is 1. The molecule has 0 radical (unpaired) electrons. The molecule has 116 valence electrons. The number of aliphatic hydroxyl groups excluding tert-OH is 2. The van der Waals surface area contributed by atoms with E-state index in [1.54, 1.807) is 0 Å². The summed E-state index contributed by atoms with van der Waals surface area (Å²) in [7, 11) is 1.07. The van der Waals surface area contributed by atoms with Crippen molar-refractivity contribution in [3.8, 4) is 0 Å². The monoisotopic (exact) mass is 303 g/mol. The molecule has 1 saturated heterocycles. The number of hydrogen-bond acceptors (Lipinski definition) is 7.